The van der Waals surface area contributed by atoms with Gasteiger partial charge in [-0.3, -0.25) is 4.90 Å². The molecule has 1 fully saturated rings. The van der Waals surface area contributed by atoms with Crippen LogP contribution in [0.2, 0.25) is 0 Å². The van der Waals surface area contributed by atoms with E-state index in [1.54, 1.807) is 47.6 Å². The number of amides is 1. The highest BCUT2D eigenvalue weighted by Gasteiger charge is 2.46. The van der Waals surface area contributed by atoms with Crippen molar-refractivity contribution in [1.82, 2.24) is 4.90 Å². The number of hydrogen-bond acceptors (Lipinski definition) is 5. The second-order valence-corrected chi connectivity index (χ2v) is 7.70. The van der Waals surface area contributed by atoms with E-state index in [0.717, 1.165) is 0 Å². The Labute approximate surface area is 138 Å². The molecule has 1 heterocycles. The number of allylic oxidation sites excluding steroid dienone is 1. The van der Waals surface area contributed by atoms with E-state index < -0.39 is 35.4 Å². The molecule has 0 aromatic rings. The smallest absolute Gasteiger partial charge is 0.411 e. The fourth-order valence-corrected chi connectivity index (χ4v) is 2.36. The van der Waals surface area contributed by atoms with Crippen molar-refractivity contribution < 1.29 is 24.2 Å². The highest BCUT2D eigenvalue weighted by atomic mass is 16.6. The van der Waals surface area contributed by atoms with Crippen LogP contribution in [0.25, 0.3) is 0 Å². The van der Waals surface area contributed by atoms with Crippen molar-refractivity contribution in [2.24, 2.45) is 0 Å². The first-order valence-electron chi connectivity index (χ1n) is 7.96. The Morgan fingerprint density at radius 1 is 1.17 bits per heavy atom. The van der Waals surface area contributed by atoms with E-state index in [1.807, 2.05) is 6.92 Å². The zero-order valence-electron chi connectivity index (χ0n) is 15.2. The Morgan fingerprint density at radius 2 is 1.70 bits per heavy atom. The first-order chi connectivity index (χ1) is 10.4. The van der Waals surface area contributed by atoms with Gasteiger partial charge in [-0.15, -0.1) is 0 Å². The molecule has 1 N–H and O–H groups in total. The van der Waals surface area contributed by atoms with E-state index in [4.69, 9.17) is 9.47 Å². The number of ether oxygens (including phenoxy) is 2. The van der Waals surface area contributed by atoms with Crippen LogP contribution >= 0.6 is 0 Å². The lowest BCUT2D eigenvalue weighted by molar-refractivity contribution is -0.158. The van der Waals surface area contributed by atoms with Gasteiger partial charge in [0.2, 0.25) is 0 Å². The summed E-state index contributed by atoms with van der Waals surface area (Å²) in [5.41, 5.74) is -0.869. The number of carbonyl (C=O) groups excluding carboxylic acids is 2. The zero-order chi connectivity index (χ0) is 18.0. The second-order valence-electron chi connectivity index (χ2n) is 7.70. The summed E-state index contributed by atoms with van der Waals surface area (Å²) in [6.45, 7) is 12.5. The fraction of sp³-hybridized carbons (Fsp3) is 0.765. The Kier molecular flexibility index (Phi) is 5.85. The minimum atomic E-state index is -0.945. The molecule has 0 aromatic carbocycles. The summed E-state index contributed by atoms with van der Waals surface area (Å²) in [6, 6.07) is -0.945. The third kappa shape index (κ3) is 5.53. The molecule has 1 aliphatic heterocycles. The molecule has 132 valence electrons. The SMILES string of the molecule is CCC=C1[C@@H](C(=O)OC(C)(C)C)N(C(=O)OC(C)(C)C)C[C@@H]1O. The summed E-state index contributed by atoms with van der Waals surface area (Å²) < 4.78 is 10.8. The lowest BCUT2D eigenvalue weighted by atomic mass is 10.0. The van der Waals surface area contributed by atoms with Crippen molar-refractivity contribution in [3.8, 4) is 0 Å². The van der Waals surface area contributed by atoms with E-state index in [-0.39, 0.29) is 6.54 Å². The van der Waals surface area contributed by atoms with Crippen LogP contribution in [-0.2, 0) is 14.3 Å². The fourth-order valence-electron chi connectivity index (χ4n) is 2.36. The Balaban J connectivity index is 3.10. The summed E-state index contributed by atoms with van der Waals surface area (Å²) in [6.07, 6.45) is 0.893. The Hall–Kier alpha value is -1.56. The molecule has 0 radical (unpaired) electrons. The monoisotopic (exact) mass is 327 g/mol. The highest BCUT2D eigenvalue weighted by Crippen LogP contribution is 2.29. The van der Waals surface area contributed by atoms with Crippen LogP contribution in [0.1, 0.15) is 54.9 Å². The first kappa shape index (κ1) is 19.5. The summed E-state index contributed by atoms with van der Waals surface area (Å²) in [4.78, 5) is 26.2. The number of hydrogen-bond donors (Lipinski definition) is 1. The zero-order valence-corrected chi connectivity index (χ0v) is 15.2. The maximum Gasteiger partial charge on any atom is 0.411 e. The summed E-state index contributed by atoms with van der Waals surface area (Å²) >= 11 is 0. The normalized spacial score (nSPS) is 24.0. The van der Waals surface area contributed by atoms with E-state index >= 15 is 0 Å². The van der Waals surface area contributed by atoms with Crippen LogP contribution < -0.4 is 0 Å². The maximum atomic E-state index is 12.5. The second kappa shape index (κ2) is 6.91. The lowest BCUT2D eigenvalue weighted by Gasteiger charge is -2.29. The van der Waals surface area contributed by atoms with Crippen LogP contribution in [0.5, 0.6) is 0 Å². The van der Waals surface area contributed by atoms with Crippen molar-refractivity contribution in [3.05, 3.63) is 11.6 Å². The molecule has 1 rings (SSSR count). The Morgan fingerprint density at radius 3 is 2.13 bits per heavy atom. The Bertz CT molecular complexity index is 484. The topological polar surface area (TPSA) is 76.1 Å². The molecule has 1 aliphatic rings. The number of aliphatic hydroxyl groups excluding tert-OH is 1. The van der Waals surface area contributed by atoms with Gasteiger partial charge in [0, 0.05) is 0 Å². The molecule has 0 aliphatic carbocycles. The molecule has 23 heavy (non-hydrogen) atoms. The van der Waals surface area contributed by atoms with Crippen molar-refractivity contribution >= 4 is 12.1 Å². The van der Waals surface area contributed by atoms with Crippen LogP contribution in [0.15, 0.2) is 11.6 Å². The number of likely N-dealkylation sites (tertiary alicyclic amines) is 1. The van der Waals surface area contributed by atoms with Crippen molar-refractivity contribution in [3.63, 3.8) is 0 Å². The molecule has 1 amide bonds. The van der Waals surface area contributed by atoms with Gasteiger partial charge < -0.3 is 14.6 Å². The number of carbonyl (C=O) groups is 2. The standard InChI is InChI=1S/C17H29NO5/c1-8-9-11-12(19)10-18(15(21)23-17(5,6)7)13(11)14(20)22-16(2,3)4/h9,12-13,19H,8,10H2,1-7H3/t12-,13-/m0/s1. The summed E-state index contributed by atoms with van der Waals surface area (Å²) in [5.74, 6) is -0.556. The molecule has 0 unspecified atom stereocenters. The molecule has 6 heteroatoms. The van der Waals surface area contributed by atoms with Gasteiger partial charge in [-0.05, 0) is 53.5 Å². The molecule has 0 aromatic heterocycles. The number of nitrogens with zero attached hydrogens (tertiary/aromatic N) is 1. The number of rotatable bonds is 2. The van der Waals surface area contributed by atoms with Crippen LogP contribution in [0, 0.1) is 0 Å². The number of esters is 1. The van der Waals surface area contributed by atoms with Crippen molar-refractivity contribution in [1.29, 1.82) is 0 Å². The average Bonchev–Trinajstić information content (AvgIpc) is 2.63. The molecule has 2 atom stereocenters. The molecule has 6 nitrogen and oxygen atoms in total. The van der Waals surface area contributed by atoms with Gasteiger partial charge in [0.15, 0.2) is 6.04 Å². The van der Waals surface area contributed by atoms with E-state index in [2.05, 4.69) is 0 Å². The third-order valence-electron chi connectivity index (χ3n) is 3.08. The largest absolute Gasteiger partial charge is 0.458 e. The number of aliphatic hydroxyl groups is 1. The van der Waals surface area contributed by atoms with Gasteiger partial charge in [-0.1, -0.05) is 13.0 Å². The summed E-state index contributed by atoms with van der Waals surface area (Å²) in [7, 11) is 0. The van der Waals surface area contributed by atoms with Gasteiger partial charge in [0.25, 0.3) is 0 Å². The average molecular weight is 327 g/mol. The lowest BCUT2D eigenvalue weighted by Crippen LogP contribution is -2.46. The van der Waals surface area contributed by atoms with Crippen LogP contribution in [0.4, 0.5) is 4.79 Å². The third-order valence-corrected chi connectivity index (χ3v) is 3.08. The van der Waals surface area contributed by atoms with Crippen molar-refractivity contribution in [2.45, 2.75) is 78.2 Å². The van der Waals surface area contributed by atoms with Gasteiger partial charge >= 0.3 is 12.1 Å². The van der Waals surface area contributed by atoms with Gasteiger partial charge in [0.1, 0.15) is 11.2 Å². The minimum absolute atomic E-state index is 0.0185. The van der Waals surface area contributed by atoms with Crippen molar-refractivity contribution in [2.75, 3.05) is 6.54 Å². The van der Waals surface area contributed by atoms with E-state index in [1.165, 1.54) is 4.90 Å². The number of β-amino-alcohol motifs (C(OH)–C–C–N with tert-alkyl or cyclic N) is 1. The highest BCUT2D eigenvalue weighted by molar-refractivity contribution is 5.86. The molecule has 0 bridgehead atoms. The molecule has 0 saturated carbocycles. The molecular formula is C17H29NO5. The quantitative estimate of drug-likeness (QED) is 0.623. The van der Waals surface area contributed by atoms with E-state index in [0.29, 0.717) is 12.0 Å². The van der Waals surface area contributed by atoms with Gasteiger partial charge in [0.05, 0.1) is 12.6 Å². The first-order valence-corrected chi connectivity index (χ1v) is 7.96. The molecular weight excluding hydrogens is 298 g/mol. The predicted octanol–water partition coefficient (Wildman–Crippen LogP) is 2.64. The molecule has 0 spiro atoms. The minimum Gasteiger partial charge on any atom is -0.458 e. The van der Waals surface area contributed by atoms with Crippen LogP contribution in [0.3, 0.4) is 0 Å². The van der Waals surface area contributed by atoms with Crippen LogP contribution in [-0.4, -0.2) is 52.0 Å². The predicted molar refractivity (Wildman–Crippen MR) is 87.0 cm³/mol. The van der Waals surface area contributed by atoms with Gasteiger partial charge in [-0.2, -0.15) is 0 Å². The molecule has 1 saturated heterocycles. The van der Waals surface area contributed by atoms with E-state index in [9.17, 15) is 14.7 Å². The van der Waals surface area contributed by atoms with Gasteiger partial charge in [-0.25, -0.2) is 9.59 Å². The summed E-state index contributed by atoms with van der Waals surface area (Å²) in [5, 5.41) is 10.2. The maximum absolute atomic E-state index is 12.5.